The van der Waals surface area contributed by atoms with E-state index in [0.717, 1.165) is 0 Å². The average Bonchev–Trinajstić information content (AvgIpc) is 2.33. The van der Waals surface area contributed by atoms with Crippen molar-refractivity contribution in [2.24, 2.45) is 0 Å². The molecule has 0 atom stereocenters. The van der Waals surface area contributed by atoms with E-state index in [1.54, 1.807) is 12.1 Å². The number of anilines is 1. The van der Waals surface area contributed by atoms with Crippen LogP contribution in [0.5, 0.6) is 0 Å². The van der Waals surface area contributed by atoms with Gasteiger partial charge in [0.15, 0.2) is 5.15 Å². The van der Waals surface area contributed by atoms with Crippen molar-refractivity contribution in [2.75, 3.05) is 5.32 Å². The third kappa shape index (κ3) is 2.67. The van der Waals surface area contributed by atoms with Gasteiger partial charge in [0.1, 0.15) is 5.69 Å². The second-order valence-corrected chi connectivity index (χ2v) is 3.46. The third-order valence-corrected chi connectivity index (χ3v) is 2.22. The molecule has 2 rings (SSSR count). The minimum Gasteiger partial charge on any atom is -0.318 e. The summed E-state index contributed by atoms with van der Waals surface area (Å²) >= 11 is 5.78. The number of carbonyl (C=O) groups excluding carboxylic acids is 1. The van der Waals surface area contributed by atoms with E-state index in [9.17, 15) is 9.59 Å². The minimum atomic E-state index is -0.476. The van der Waals surface area contributed by atoms with Gasteiger partial charge in [-0.1, -0.05) is 11.6 Å². The van der Waals surface area contributed by atoms with E-state index in [1.165, 1.54) is 18.3 Å². The van der Waals surface area contributed by atoms with E-state index < -0.39 is 5.91 Å². The SMILES string of the molecule is O=C(Nc1cccnc1Cl)c1ccc(=O)[nH]n1. The molecule has 0 fully saturated rings. The molecule has 0 bridgehead atoms. The number of hydrogen-bond donors (Lipinski definition) is 2. The number of rotatable bonds is 2. The van der Waals surface area contributed by atoms with Crippen molar-refractivity contribution < 1.29 is 4.79 Å². The van der Waals surface area contributed by atoms with Gasteiger partial charge >= 0.3 is 0 Å². The number of aromatic nitrogens is 3. The van der Waals surface area contributed by atoms with Crippen LogP contribution in [0, 0.1) is 0 Å². The lowest BCUT2D eigenvalue weighted by Crippen LogP contribution is -2.17. The number of nitrogens with one attached hydrogen (secondary N) is 2. The maximum atomic E-state index is 11.7. The molecular weight excluding hydrogens is 244 g/mol. The Hall–Kier alpha value is -2.21. The predicted molar refractivity (Wildman–Crippen MR) is 62.1 cm³/mol. The predicted octanol–water partition coefficient (Wildman–Crippen LogP) is 1.07. The maximum Gasteiger partial charge on any atom is 0.276 e. The minimum absolute atomic E-state index is 0.0875. The van der Waals surface area contributed by atoms with Crippen LogP contribution in [-0.2, 0) is 0 Å². The zero-order valence-electron chi connectivity index (χ0n) is 8.48. The highest BCUT2D eigenvalue weighted by Gasteiger charge is 2.09. The topological polar surface area (TPSA) is 87.7 Å². The van der Waals surface area contributed by atoms with Gasteiger partial charge in [0, 0.05) is 12.3 Å². The first kappa shape index (κ1) is 11.3. The standard InChI is InChI=1S/C10H7ClN4O2/c11-9-6(2-1-5-12-9)13-10(17)7-3-4-8(16)15-14-7/h1-5H,(H,13,17)(H,15,16). The van der Waals surface area contributed by atoms with Gasteiger partial charge < -0.3 is 5.32 Å². The summed E-state index contributed by atoms with van der Waals surface area (Å²) in [5.41, 5.74) is 0.0950. The van der Waals surface area contributed by atoms with Gasteiger partial charge in [-0.05, 0) is 18.2 Å². The second-order valence-electron chi connectivity index (χ2n) is 3.10. The van der Waals surface area contributed by atoms with Crippen molar-refractivity contribution in [3.63, 3.8) is 0 Å². The highest BCUT2D eigenvalue weighted by Crippen LogP contribution is 2.17. The molecule has 6 nitrogen and oxygen atoms in total. The van der Waals surface area contributed by atoms with E-state index in [2.05, 4.69) is 20.5 Å². The van der Waals surface area contributed by atoms with Gasteiger partial charge in [0.05, 0.1) is 5.69 Å². The Morgan fingerprint density at radius 3 is 2.82 bits per heavy atom. The van der Waals surface area contributed by atoms with Gasteiger partial charge in [-0.25, -0.2) is 10.1 Å². The molecule has 0 saturated heterocycles. The molecule has 0 spiro atoms. The van der Waals surface area contributed by atoms with E-state index in [0.29, 0.717) is 5.69 Å². The number of amides is 1. The first-order valence-electron chi connectivity index (χ1n) is 4.64. The number of aromatic amines is 1. The maximum absolute atomic E-state index is 11.7. The molecule has 2 N–H and O–H groups in total. The quantitative estimate of drug-likeness (QED) is 0.781. The first-order valence-corrected chi connectivity index (χ1v) is 5.02. The lowest BCUT2D eigenvalue weighted by molar-refractivity contribution is 0.102. The summed E-state index contributed by atoms with van der Waals surface area (Å²) in [6.45, 7) is 0. The molecule has 2 aromatic heterocycles. The first-order chi connectivity index (χ1) is 8.16. The second kappa shape index (κ2) is 4.75. The fraction of sp³-hybridized carbons (Fsp3) is 0. The molecule has 0 aliphatic heterocycles. The largest absolute Gasteiger partial charge is 0.318 e. The molecular formula is C10H7ClN4O2. The number of H-pyrrole nitrogens is 1. The Kier molecular flexibility index (Phi) is 3.15. The number of pyridine rings is 1. The molecule has 2 aromatic rings. The zero-order valence-corrected chi connectivity index (χ0v) is 9.23. The number of nitrogens with zero attached hydrogens (tertiary/aromatic N) is 2. The smallest absolute Gasteiger partial charge is 0.276 e. The van der Waals surface area contributed by atoms with Crippen molar-refractivity contribution in [3.05, 3.63) is 51.7 Å². The zero-order chi connectivity index (χ0) is 12.3. The fourth-order valence-electron chi connectivity index (χ4n) is 1.14. The molecule has 0 saturated carbocycles. The van der Waals surface area contributed by atoms with Crippen molar-refractivity contribution in [1.82, 2.24) is 15.2 Å². The van der Waals surface area contributed by atoms with Crippen LogP contribution in [0.1, 0.15) is 10.5 Å². The van der Waals surface area contributed by atoms with Gasteiger partial charge in [-0.15, -0.1) is 0 Å². The normalized spacial score (nSPS) is 9.94. The summed E-state index contributed by atoms with van der Waals surface area (Å²) in [5.74, 6) is -0.476. The molecule has 0 aromatic carbocycles. The van der Waals surface area contributed by atoms with E-state index in [1.807, 2.05) is 0 Å². The van der Waals surface area contributed by atoms with Crippen LogP contribution in [0.15, 0.2) is 35.3 Å². The number of carbonyl (C=O) groups is 1. The summed E-state index contributed by atoms with van der Waals surface area (Å²) < 4.78 is 0. The average molecular weight is 251 g/mol. The summed E-state index contributed by atoms with van der Waals surface area (Å²) in [5, 5.41) is 8.47. The van der Waals surface area contributed by atoms with Crippen molar-refractivity contribution in [2.45, 2.75) is 0 Å². The molecule has 0 unspecified atom stereocenters. The monoisotopic (exact) mass is 250 g/mol. The fourth-order valence-corrected chi connectivity index (χ4v) is 1.30. The molecule has 2 heterocycles. The molecule has 0 aliphatic rings. The van der Waals surface area contributed by atoms with Crippen molar-refractivity contribution in [3.8, 4) is 0 Å². The van der Waals surface area contributed by atoms with Gasteiger partial charge in [0.2, 0.25) is 0 Å². The van der Waals surface area contributed by atoms with E-state index in [4.69, 9.17) is 11.6 Å². The molecule has 0 radical (unpaired) electrons. The lowest BCUT2D eigenvalue weighted by Gasteiger charge is -2.04. The Balaban J connectivity index is 2.20. The Bertz CT molecular complexity index is 591. The van der Waals surface area contributed by atoms with E-state index >= 15 is 0 Å². The Labute approximate surface area is 101 Å². The molecule has 0 aliphatic carbocycles. The van der Waals surface area contributed by atoms with Crippen LogP contribution >= 0.6 is 11.6 Å². The van der Waals surface area contributed by atoms with Crippen LogP contribution in [-0.4, -0.2) is 21.1 Å². The van der Waals surface area contributed by atoms with Crippen molar-refractivity contribution in [1.29, 1.82) is 0 Å². The number of halogens is 1. The van der Waals surface area contributed by atoms with Gasteiger partial charge in [-0.3, -0.25) is 9.59 Å². The third-order valence-electron chi connectivity index (χ3n) is 1.92. The highest BCUT2D eigenvalue weighted by atomic mass is 35.5. The highest BCUT2D eigenvalue weighted by molar-refractivity contribution is 6.32. The summed E-state index contributed by atoms with van der Waals surface area (Å²) in [6.07, 6.45) is 1.51. The molecule has 86 valence electrons. The Morgan fingerprint density at radius 2 is 2.18 bits per heavy atom. The Morgan fingerprint density at radius 1 is 1.35 bits per heavy atom. The van der Waals surface area contributed by atoms with Crippen molar-refractivity contribution >= 4 is 23.2 Å². The van der Waals surface area contributed by atoms with Gasteiger partial charge in [0.25, 0.3) is 11.5 Å². The summed E-state index contributed by atoms with van der Waals surface area (Å²) in [4.78, 5) is 26.3. The number of hydrogen-bond acceptors (Lipinski definition) is 4. The molecule has 17 heavy (non-hydrogen) atoms. The summed E-state index contributed by atoms with van der Waals surface area (Å²) in [6, 6.07) is 5.78. The van der Waals surface area contributed by atoms with Crippen LogP contribution in [0.25, 0.3) is 0 Å². The van der Waals surface area contributed by atoms with Crippen LogP contribution < -0.4 is 10.9 Å². The lowest BCUT2D eigenvalue weighted by atomic mass is 10.3. The van der Waals surface area contributed by atoms with E-state index in [-0.39, 0.29) is 16.4 Å². The summed E-state index contributed by atoms with van der Waals surface area (Å²) in [7, 11) is 0. The van der Waals surface area contributed by atoms with Crippen LogP contribution in [0.3, 0.4) is 0 Å². The van der Waals surface area contributed by atoms with Crippen LogP contribution in [0.2, 0.25) is 5.15 Å². The molecule has 7 heteroatoms. The van der Waals surface area contributed by atoms with Crippen LogP contribution in [0.4, 0.5) is 5.69 Å². The van der Waals surface area contributed by atoms with Gasteiger partial charge in [-0.2, -0.15) is 5.10 Å². The molecule has 1 amide bonds.